The molecule has 102 valence electrons. The lowest BCUT2D eigenvalue weighted by Gasteiger charge is -2.26. The van der Waals surface area contributed by atoms with Crippen molar-refractivity contribution in [1.29, 1.82) is 0 Å². The number of nitrogens with one attached hydrogen (secondary N) is 1. The molecular weight excluding hydrogens is 238 g/mol. The molecule has 2 rings (SSSR count). The standard InChI is InChI=1S/C16H27NS/c1-3-15-8-9-16(18-15)12-17-11-10-14-6-4-13(2)5-7-14/h8-9,13-14,17H,3-7,10-12H2,1-2H3. The van der Waals surface area contributed by atoms with Crippen LogP contribution in [0, 0.1) is 11.8 Å². The van der Waals surface area contributed by atoms with Crippen molar-refractivity contribution in [2.24, 2.45) is 11.8 Å². The third kappa shape index (κ3) is 4.40. The van der Waals surface area contributed by atoms with Gasteiger partial charge < -0.3 is 5.32 Å². The molecule has 1 aliphatic carbocycles. The lowest BCUT2D eigenvalue weighted by atomic mass is 9.81. The van der Waals surface area contributed by atoms with Gasteiger partial charge in [-0.25, -0.2) is 0 Å². The molecule has 1 heterocycles. The molecule has 0 bridgehead atoms. The smallest absolute Gasteiger partial charge is 0.0299 e. The molecule has 0 spiro atoms. The van der Waals surface area contributed by atoms with Crippen LogP contribution in [-0.2, 0) is 13.0 Å². The zero-order valence-corrected chi connectivity index (χ0v) is 12.7. The molecule has 0 atom stereocenters. The molecule has 1 aliphatic rings. The van der Waals surface area contributed by atoms with Crippen LogP contribution in [0.2, 0.25) is 0 Å². The van der Waals surface area contributed by atoms with E-state index in [9.17, 15) is 0 Å². The van der Waals surface area contributed by atoms with E-state index in [0.29, 0.717) is 0 Å². The summed E-state index contributed by atoms with van der Waals surface area (Å²) in [6, 6.07) is 4.54. The molecule has 1 nitrogen and oxygen atoms in total. The van der Waals surface area contributed by atoms with Crippen LogP contribution in [-0.4, -0.2) is 6.54 Å². The number of hydrogen-bond donors (Lipinski definition) is 1. The Morgan fingerprint density at radius 1 is 1.17 bits per heavy atom. The second-order valence-corrected chi connectivity index (χ2v) is 7.07. The van der Waals surface area contributed by atoms with Gasteiger partial charge in [0.15, 0.2) is 0 Å². The highest BCUT2D eigenvalue weighted by molar-refractivity contribution is 7.11. The van der Waals surface area contributed by atoms with Crippen LogP contribution in [0.25, 0.3) is 0 Å². The third-order valence-electron chi connectivity index (χ3n) is 4.23. The molecule has 0 radical (unpaired) electrons. The first kappa shape index (κ1) is 14.1. The number of rotatable bonds is 6. The summed E-state index contributed by atoms with van der Waals surface area (Å²) in [4.78, 5) is 3.00. The van der Waals surface area contributed by atoms with Crippen molar-refractivity contribution in [3.8, 4) is 0 Å². The summed E-state index contributed by atoms with van der Waals surface area (Å²) in [6.07, 6.45) is 8.37. The van der Waals surface area contributed by atoms with Crippen molar-refractivity contribution in [3.63, 3.8) is 0 Å². The molecule has 0 aromatic carbocycles. The van der Waals surface area contributed by atoms with Crippen molar-refractivity contribution >= 4 is 11.3 Å². The molecule has 0 aliphatic heterocycles. The van der Waals surface area contributed by atoms with Gasteiger partial charge in [0.05, 0.1) is 0 Å². The first-order valence-corrected chi connectivity index (χ1v) is 8.38. The second kappa shape index (κ2) is 7.30. The Morgan fingerprint density at radius 2 is 1.89 bits per heavy atom. The van der Waals surface area contributed by atoms with Crippen LogP contribution in [0.4, 0.5) is 0 Å². The largest absolute Gasteiger partial charge is 0.312 e. The molecular formula is C16H27NS. The summed E-state index contributed by atoms with van der Waals surface area (Å²) in [6.45, 7) is 6.88. The first-order valence-electron chi connectivity index (χ1n) is 7.56. The van der Waals surface area contributed by atoms with Crippen molar-refractivity contribution in [2.75, 3.05) is 6.54 Å². The Hall–Kier alpha value is -0.340. The maximum absolute atomic E-state index is 3.61. The van der Waals surface area contributed by atoms with E-state index < -0.39 is 0 Å². The minimum absolute atomic E-state index is 0.979. The molecule has 0 amide bonds. The zero-order valence-electron chi connectivity index (χ0n) is 11.9. The lowest BCUT2D eigenvalue weighted by molar-refractivity contribution is 0.275. The van der Waals surface area contributed by atoms with Crippen molar-refractivity contribution in [3.05, 3.63) is 21.9 Å². The minimum Gasteiger partial charge on any atom is -0.312 e. The van der Waals surface area contributed by atoms with Gasteiger partial charge in [0, 0.05) is 16.3 Å². The predicted molar refractivity (Wildman–Crippen MR) is 81.1 cm³/mol. The molecule has 1 N–H and O–H groups in total. The molecule has 2 heteroatoms. The van der Waals surface area contributed by atoms with Crippen LogP contribution < -0.4 is 5.32 Å². The summed E-state index contributed by atoms with van der Waals surface area (Å²) < 4.78 is 0. The highest BCUT2D eigenvalue weighted by Gasteiger charge is 2.17. The van der Waals surface area contributed by atoms with E-state index in [-0.39, 0.29) is 0 Å². The average molecular weight is 265 g/mol. The van der Waals surface area contributed by atoms with E-state index in [1.807, 2.05) is 11.3 Å². The van der Waals surface area contributed by atoms with E-state index in [1.54, 1.807) is 0 Å². The van der Waals surface area contributed by atoms with E-state index in [1.165, 1.54) is 54.8 Å². The Kier molecular flexibility index (Phi) is 5.71. The topological polar surface area (TPSA) is 12.0 Å². The maximum atomic E-state index is 3.61. The summed E-state index contributed by atoms with van der Waals surface area (Å²) in [5.74, 6) is 1.97. The van der Waals surface area contributed by atoms with Gasteiger partial charge in [-0.05, 0) is 43.4 Å². The van der Waals surface area contributed by atoms with Crippen molar-refractivity contribution in [1.82, 2.24) is 5.32 Å². The quantitative estimate of drug-likeness (QED) is 0.740. The fraction of sp³-hybridized carbons (Fsp3) is 0.750. The molecule has 0 unspecified atom stereocenters. The summed E-state index contributed by atoms with van der Waals surface area (Å²) >= 11 is 1.96. The predicted octanol–water partition coefficient (Wildman–Crippen LogP) is 4.62. The van der Waals surface area contributed by atoms with E-state index in [4.69, 9.17) is 0 Å². The fourth-order valence-corrected chi connectivity index (χ4v) is 3.77. The van der Waals surface area contributed by atoms with Crippen molar-refractivity contribution in [2.45, 2.75) is 58.9 Å². The van der Waals surface area contributed by atoms with Gasteiger partial charge in [-0.2, -0.15) is 0 Å². The minimum atomic E-state index is 0.979. The van der Waals surface area contributed by atoms with Gasteiger partial charge in [-0.15, -0.1) is 11.3 Å². The SMILES string of the molecule is CCc1ccc(CNCCC2CCC(C)CC2)s1. The van der Waals surface area contributed by atoms with Gasteiger partial charge in [-0.3, -0.25) is 0 Å². The molecule has 1 aromatic heterocycles. The van der Waals surface area contributed by atoms with Crippen LogP contribution in [0.5, 0.6) is 0 Å². The maximum Gasteiger partial charge on any atom is 0.0299 e. The number of aryl methyl sites for hydroxylation is 1. The molecule has 1 saturated carbocycles. The highest BCUT2D eigenvalue weighted by atomic mass is 32.1. The third-order valence-corrected chi connectivity index (χ3v) is 5.46. The lowest BCUT2D eigenvalue weighted by Crippen LogP contribution is -2.20. The van der Waals surface area contributed by atoms with Gasteiger partial charge in [0.25, 0.3) is 0 Å². The van der Waals surface area contributed by atoms with E-state index in [0.717, 1.165) is 18.4 Å². The molecule has 1 fully saturated rings. The van der Waals surface area contributed by atoms with Crippen molar-refractivity contribution < 1.29 is 0 Å². The summed E-state index contributed by atoms with van der Waals surface area (Å²) in [7, 11) is 0. The number of hydrogen-bond acceptors (Lipinski definition) is 2. The Morgan fingerprint density at radius 3 is 2.56 bits per heavy atom. The van der Waals surface area contributed by atoms with Crippen LogP contribution in [0.15, 0.2) is 12.1 Å². The van der Waals surface area contributed by atoms with Gasteiger partial charge >= 0.3 is 0 Å². The second-order valence-electron chi connectivity index (χ2n) is 5.81. The van der Waals surface area contributed by atoms with E-state index in [2.05, 4.69) is 31.3 Å². The van der Waals surface area contributed by atoms with Crippen LogP contribution in [0.1, 0.15) is 55.7 Å². The van der Waals surface area contributed by atoms with Crippen LogP contribution in [0.3, 0.4) is 0 Å². The summed E-state index contributed by atoms with van der Waals surface area (Å²) in [5, 5.41) is 3.61. The Labute approximate surface area is 116 Å². The number of thiophene rings is 1. The molecule has 1 aromatic rings. The molecule has 0 saturated heterocycles. The van der Waals surface area contributed by atoms with Crippen LogP contribution >= 0.6 is 11.3 Å². The monoisotopic (exact) mass is 265 g/mol. The normalized spacial score (nSPS) is 24.3. The first-order chi connectivity index (χ1) is 8.78. The van der Waals surface area contributed by atoms with E-state index >= 15 is 0 Å². The van der Waals surface area contributed by atoms with Gasteiger partial charge in [0.2, 0.25) is 0 Å². The average Bonchev–Trinajstić information content (AvgIpc) is 2.85. The Bertz CT molecular complexity index is 337. The van der Waals surface area contributed by atoms with Gasteiger partial charge in [-0.1, -0.05) is 39.5 Å². The summed E-state index contributed by atoms with van der Waals surface area (Å²) in [5.41, 5.74) is 0. The molecule has 18 heavy (non-hydrogen) atoms. The highest BCUT2D eigenvalue weighted by Crippen LogP contribution is 2.29. The zero-order chi connectivity index (χ0) is 12.8. The Balaban J connectivity index is 1.58. The fourth-order valence-electron chi connectivity index (χ4n) is 2.84. The van der Waals surface area contributed by atoms with Gasteiger partial charge in [0.1, 0.15) is 0 Å².